The second kappa shape index (κ2) is 6.79. The van der Waals surface area contributed by atoms with Crippen LogP contribution in [0.3, 0.4) is 0 Å². The first-order valence-corrected chi connectivity index (χ1v) is 8.22. The van der Waals surface area contributed by atoms with Crippen molar-refractivity contribution in [3.05, 3.63) is 17.7 Å². The first-order valence-electron chi connectivity index (χ1n) is 8.22. The van der Waals surface area contributed by atoms with Crippen molar-refractivity contribution in [2.45, 2.75) is 57.2 Å². The summed E-state index contributed by atoms with van der Waals surface area (Å²) in [6, 6.07) is 0.728. The number of aromatic amines is 1. The van der Waals surface area contributed by atoms with Gasteiger partial charge in [-0.3, -0.25) is 9.69 Å². The summed E-state index contributed by atoms with van der Waals surface area (Å²) in [4.78, 5) is 22.0. The number of nitrogens with zero attached hydrogens (tertiary/aromatic N) is 2. The lowest BCUT2D eigenvalue weighted by Gasteiger charge is -2.30. The van der Waals surface area contributed by atoms with Gasteiger partial charge in [0.15, 0.2) is 0 Å². The highest BCUT2D eigenvalue weighted by atomic mass is 16.5. The van der Waals surface area contributed by atoms with E-state index < -0.39 is 0 Å². The third-order valence-electron chi connectivity index (χ3n) is 5.07. The molecule has 22 heavy (non-hydrogen) atoms. The quantitative estimate of drug-likeness (QED) is 0.852. The van der Waals surface area contributed by atoms with Crippen LogP contribution in [0.5, 0.6) is 0 Å². The summed E-state index contributed by atoms with van der Waals surface area (Å²) >= 11 is 0. The lowest BCUT2D eigenvalue weighted by molar-refractivity contribution is -0.121. The van der Waals surface area contributed by atoms with Crippen LogP contribution in [0, 0.1) is 6.92 Å². The molecule has 2 fully saturated rings. The van der Waals surface area contributed by atoms with Gasteiger partial charge in [0.2, 0.25) is 5.91 Å². The number of aromatic nitrogens is 2. The van der Waals surface area contributed by atoms with Crippen molar-refractivity contribution in [1.82, 2.24) is 20.2 Å². The molecule has 1 amide bonds. The van der Waals surface area contributed by atoms with E-state index in [4.69, 9.17) is 4.74 Å². The van der Waals surface area contributed by atoms with Crippen molar-refractivity contribution < 1.29 is 9.53 Å². The van der Waals surface area contributed by atoms with E-state index in [9.17, 15) is 4.79 Å². The van der Waals surface area contributed by atoms with E-state index in [2.05, 4.69) is 20.2 Å². The molecule has 1 unspecified atom stereocenters. The average molecular weight is 306 g/mol. The summed E-state index contributed by atoms with van der Waals surface area (Å²) in [5, 5.41) is 3.23. The molecule has 6 heteroatoms. The normalized spacial score (nSPS) is 29.1. The molecule has 2 N–H and O–H groups in total. The molecule has 1 saturated heterocycles. The molecule has 0 bridgehead atoms. The number of rotatable bonds is 5. The van der Waals surface area contributed by atoms with Crippen molar-refractivity contribution >= 4 is 5.91 Å². The zero-order valence-electron chi connectivity index (χ0n) is 13.5. The van der Waals surface area contributed by atoms with Gasteiger partial charge in [-0.25, -0.2) is 4.98 Å². The zero-order chi connectivity index (χ0) is 15.5. The number of likely N-dealkylation sites (tertiary alicyclic amines) is 1. The molecule has 1 aromatic rings. The van der Waals surface area contributed by atoms with Crippen LogP contribution >= 0.6 is 0 Å². The monoisotopic (exact) mass is 306 g/mol. The number of H-pyrrole nitrogens is 1. The number of aryl methyl sites for hydroxylation is 1. The van der Waals surface area contributed by atoms with Crippen LogP contribution in [0.15, 0.2) is 6.33 Å². The molecule has 6 nitrogen and oxygen atoms in total. The minimum absolute atomic E-state index is 0.0783. The topological polar surface area (TPSA) is 70.2 Å². The zero-order valence-corrected chi connectivity index (χ0v) is 13.5. The highest BCUT2D eigenvalue weighted by molar-refractivity contribution is 5.78. The van der Waals surface area contributed by atoms with Gasteiger partial charge in [0.25, 0.3) is 0 Å². The Morgan fingerprint density at radius 3 is 3.05 bits per heavy atom. The highest BCUT2D eigenvalue weighted by Crippen LogP contribution is 2.28. The molecule has 1 aromatic heterocycles. The van der Waals surface area contributed by atoms with Gasteiger partial charge < -0.3 is 15.0 Å². The Bertz CT molecular complexity index is 516. The van der Waals surface area contributed by atoms with Gasteiger partial charge >= 0.3 is 0 Å². The van der Waals surface area contributed by atoms with Crippen LogP contribution in [0.2, 0.25) is 0 Å². The molecule has 3 atom stereocenters. The number of carbonyl (C=O) groups is 1. The molecule has 122 valence electrons. The number of carbonyl (C=O) groups excluding carboxylic acids is 1. The number of methoxy groups -OCH3 is 1. The van der Waals surface area contributed by atoms with Gasteiger partial charge in [-0.05, 0) is 32.6 Å². The van der Waals surface area contributed by atoms with Gasteiger partial charge in [-0.15, -0.1) is 0 Å². The number of ether oxygens (including phenoxy) is 1. The maximum absolute atomic E-state index is 12.3. The predicted octanol–water partition coefficient (Wildman–Crippen LogP) is 1.02. The molecule has 2 heterocycles. The second-order valence-electron chi connectivity index (χ2n) is 6.46. The Hall–Kier alpha value is -1.40. The second-order valence-corrected chi connectivity index (χ2v) is 6.46. The van der Waals surface area contributed by atoms with Crippen molar-refractivity contribution in [3.63, 3.8) is 0 Å². The maximum atomic E-state index is 12.3. The molecule has 3 rings (SSSR count). The standard InChI is InChI=1S/C16H26N4O2/c1-11-14(18-10-17-11)8-16(21)19-13-4-3-5-15(13)20-7-6-12(9-20)22-2/h10,12-13,15H,3-9H2,1-2H3,(H,17,18)(H,19,21)/t12?,13-,15+/m1/s1. The molecular formula is C16H26N4O2. The fourth-order valence-electron chi connectivity index (χ4n) is 3.77. The third kappa shape index (κ3) is 3.33. The fraction of sp³-hybridized carbons (Fsp3) is 0.750. The molecular weight excluding hydrogens is 280 g/mol. The van der Waals surface area contributed by atoms with Gasteiger partial charge in [0.05, 0.1) is 24.5 Å². The summed E-state index contributed by atoms with van der Waals surface area (Å²) < 4.78 is 5.46. The first-order chi connectivity index (χ1) is 10.7. The van der Waals surface area contributed by atoms with E-state index in [1.165, 1.54) is 12.8 Å². The highest BCUT2D eigenvalue weighted by Gasteiger charge is 2.36. The number of nitrogens with one attached hydrogen (secondary N) is 2. The average Bonchev–Trinajstić information content (AvgIpc) is 3.20. The van der Waals surface area contributed by atoms with Gasteiger partial charge in [0, 0.05) is 38.0 Å². The summed E-state index contributed by atoms with van der Waals surface area (Å²) in [5.41, 5.74) is 1.81. The Morgan fingerprint density at radius 2 is 2.36 bits per heavy atom. The molecule has 1 saturated carbocycles. The van der Waals surface area contributed by atoms with Gasteiger partial charge in [-0.1, -0.05) is 0 Å². The smallest absolute Gasteiger partial charge is 0.226 e. The first kappa shape index (κ1) is 15.5. The Kier molecular flexibility index (Phi) is 4.78. The summed E-state index contributed by atoms with van der Waals surface area (Å²) in [7, 11) is 1.79. The maximum Gasteiger partial charge on any atom is 0.226 e. The number of hydrogen-bond acceptors (Lipinski definition) is 4. The van der Waals surface area contributed by atoms with Crippen LogP contribution in [-0.4, -0.2) is 59.2 Å². The van der Waals surface area contributed by atoms with Crippen LogP contribution < -0.4 is 5.32 Å². The SMILES string of the molecule is COC1CCN([C@H]2CCC[C@H]2NC(=O)Cc2nc[nH]c2C)C1. The molecule has 1 aliphatic carbocycles. The van der Waals surface area contributed by atoms with Crippen LogP contribution in [0.4, 0.5) is 0 Å². The van der Waals surface area contributed by atoms with E-state index in [-0.39, 0.29) is 11.9 Å². The Labute approximate surface area is 131 Å². The van der Waals surface area contributed by atoms with Crippen molar-refractivity contribution in [2.24, 2.45) is 0 Å². The predicted molar refractivity (Wildman–Crippen MR) is 83.6 cm³/mol. The van der Waals surface area contributed by atoms with E-state index in [1.54, 1.807) is 13.4 Å². The number of imidazole rings is 1. The lowest BCUT2D eigenvalue weighted by Crippen LogP contribution is -2.48. The van der Waals surface area contributed by atoms with Crippen LogP contribution in [-0.2, 0) is 16.0 Å². The minimum Gasteiger partial charge on any atom is -0.380 e. The fourth-order valence-corrected chi connectivity index (χ4v) is 3.77. The van der Waals surface area contributed by atoms with Crippen LogP contribution in [0.25, 0.3) is 0 Å². The third-order valence-corrected chi connectivity index (χ3v) is 5.07. The number of hydrogen-bond donors (Lipinski definition) is 2. The summed E-state index contributed by atoms with van der Waals surface area (Å²) in [5.74, 6) is 0.0783. The van der Waals surface area contributed by atoms with Crippen molar-refractivity contribution in [3.8, 4) is 0 Å². The molecule has 2 aliphatic rings. The molecule has 1 aliphatic heterocycles. The largest absolute Gasteiger partial charge is 0.380 e. The molecule has 0 radical (unpaired) electrons. The summed E-state index contributed by atoms with van der Waals surface area (Å²) in [6.45, 7) is 4.02. The van der Waals surface area contributed by atoms with Crippen molar-refractivity contribution in [2.75, 3.05) is 20.2 Å². The Balaban J connectivity index is 1.55. The van der Waals surface area contributed by atoms with E-state index in [0.717, 1.165) is 37.3 Å². The van der Waals surface area contributed by atoms with E-state index >= 15 is 0 Å². The lowest BCUT2D eigenvalue weighted by atomic mass is 10.1. The van der Waals surface area contributed by atoms with Crippen molar-refractivity contribution in [1.29, 1.82) is 0 Å². The Morgan fingerprint density at radius 1 is 1.50 bits per heavy atom. The molecule has 0 aromatic carbocycles. The molecule has 0 spiro atoms. The van der Waals surface area contributed by atoms with Gasteiger partial charge in [0.1, 0.15) is 0 Å². The van der Waals surface area contributed by atoms with Gasteiger partial charge in [-0.2, -0.15) is 0 Å². The number of amides is 1. The summed E-state index contributed by atoms with van der Waals surface area (Å²) in [6.07, 6.45) is 6.88. The minimum atomic E-state index is 0.0783. The van der Waals surface area contributed by atoms with E-state index in [1.807, 2.05) is 6.92 Å². The van der Waals surface area contributed by atoms with E-state index in [0.29, 0.717) is 18.6 Å². The van der Waals surface area contributed by atoms with Crippen LogP contribution in [0.1, 0.15) is 37.1 Å².